The van der Waals surface area contributed by atoms with Crippen LogP contribution in [0.1, 0.15) is 43.7 Å². The second kappa shape index (κ2) is 9.41. The molecule has 28 heavy (non-hydrogen) atoms. The number of hydrogen-bond donors (Lipinski definition) is 2. The monoisotopic (exact) mass is 386 g/mol. The van der Waals surface area contributed by atoms with E-state index in [1.54, 1.807) is 0 Å². The molecule has 3 rings (SSSR count). The highest BCUT2D eigenvalue weighted by molar-refractivity contribution is 5.95. The molecule has 0 aromatic heterocycles. The molecule has 6 nitrogen and oxygen atoms in total. The largest absolute Gasteiger partial charge is 0.369 e. The van der Waals surface area contributed by atoms with Crippen LogP contribution in [0.2, 0.25) is 0 Å². The van der Waals surface area contributed by atoms with Crippen molar-refractivity contribution < 1.29 is 9.59 Å². The molecule has 1 heterocycles. The lowest BCUT2D eigenvalue weighted by Crippen LogP contribution is -2.52. The van der Waals surface area contributed by atoms with Crippen molar-refractivity contribution in [2.45, 2.75) is 52.5 Å². The number of anilines is 1. The molecule has 2 fully saturated rings. The van der Waals surface area contributed by atoms with E-state index < -0.39 is 0 Å². The highest BCUT2D eigenvalue weighted by atomic mass is 16.2. The van der Waals surface area contributed by atoms with Crippen LogP contribution < -0.4 is 15.5 Å². The van der Waals surface area contributed by atoms with E-state index in [1.807, 2.05) is 0 Å². The molecule has 0 bridgehead atoms. The van der Waals surface area contributed by atoms with Crippen molar-refractivity contribution >= 4 is 17.6 Å². The van der Waals surface area contributed by atoms with Crippen LogP contribution in [0.15, 0.2) is 18.2 Å². The number of imide groups is 1. The van der Waals surface area contributed by atoms with Crippen molar-refractivity contribution in [2.75, 3.05) is 37.6 Å². The Hall–Kier alpha value is -2.08. The zero-order valence-electron chi connectivity index (χ0n) is 17.5. The first-order chi connectivity index (χ1) is 13.4. The first kappa shape index (κ1) is 20.6. The normalized spacial score (nSPS) is 23.3. The standard InChI is InChI=1S/C22H34N4O2/c1-16-8-6-10-20(18(16)3)26-13-11-25(12-14-26)15-21(27)24-22(28)23-19-9-5-4-7-17(19)2/h6,8,10,17,19H,4-5,7,9,11-15H2,1-3H3,(H2,23,24,27,28). The fourth-order valence-corrected chi connectivity index (χ4v) is 4.33. The summed E-state index contributed by atoms with van der Waals surface area (Å²) in [6.07, 6.45) is 4.52. The summed E-state index contributed by atoms with van der Waals surface area (Å²) in [6.45, 7) is 10.2. The Kier molecular flexibility index (Phi) is 6.94. The van der Waals surface area contributed by atoms with Gasteiger partial charge >= 0.3 is 6.03 Å². The molecule has 1 saturated carbocycles. The molecule has 2 aliphatic rings. The molecule has 1 aliphatic carbocycles. The lowest BCUT2D eigenvalue weighted by atomic mass is 9.86. The van der Waals surface area contributed by atoms with Gasteiger partial charge in [0.05, 0.1) is 6.54 Å². The van der Waals surface area contributed by atoms with Gasteiger partial charge in [0.15, 0.2) is 0 Å². The fraction of sp³-hybridized carbons (Fsp3) is 0.636. The third-order valence-electron chi connectivity index (χ3n) is 6.34. The number of nitrogens with zero attached hydrogens (tertiary/aromatic N) is 2. The Labute approximate surface area is 168 Å². The number of piperazine rings is 1. The fourth-order valence-electron chi connectivity index (χ4n) is 4.33. The molecule has 1 aliphatic heterocycles. The lowest BCUT2D eigenvalue weighted by Gasteiger charge is -2.36. The molecule has 6 heteroatoms. The molecular formula is C22H34N4O2. The smallest absolute Gasteiger partial charge is 0.321 e. The second-order valence-corrected chi connectivity index (χ2v) is 8.37. The van der Waals surface area contributed by atoms with Crippen molar-refractivity contribution in [3.05, 3.63) is 29.3 Å². The second-order valence-electron chi connectivity index (χ2n) is 8.37. The van der Waals surface area contributed by atoms with Crippen LogP contribution >= 0.6 is 0 Å². The van der Waals surface area contributed by atoms with Crippen LogP contribution in [0, 0.1) is 19.8 Å². The van der Waals surface area contributed by atoms with Gasteiger partial charge in [-0.1, -0.05) is 31.9 Å². The van der Waals surface area contributed by atoms with Gasteiger partial charge in [0.25, 0.3) is 0 Å². The number of urea groups is 1. The molecule has 1 aromatic carbocycles. The maximum atomic E-state index is 12.3. The number of amides is 3. The quantitative estimate of drug-likeness (QED) is 0.835. The van der Waals surface area contributed by atoms with Crippen molar-refractivity contribution in [3.8, 4) is 0 Å². The van der Waals surface area contributed by atoms with Crippen molar-refractivity contribution in [1.29, 1.82) is 0 Å². The number of hydrogen-bond acceptors (Lipinski definition) is 4. The molecule has 0 spiro atoms. The lowest BCUT2D eigenvalue weighted by molar-refractivity contribution is -0.121. The van der Waals surface area contributed by atoms with E-state index in [1.165, 1.54) is 23.2 Å². The van der Waals surface area contributed by atoms with Gasteiger partial charge in [-0.3, -0.25) is 15.0 Å². The third kappa shape index (κ3) is 5.25. The van der Waals surface area contributed by atoms with Gasteiger partial charge in [-0.15, -0.1) is 0 Å². The minimum atomic E-state index is -0.349. The van der Waals surface area contributed by atoms with Gasteiger partial charge < -0.3 is 10.2 Å². The Morgan fingerprint density at radius 1 is 1.07 bits per heavy atom. The first-order valence-electron chi connectivity index (χ1n) is 10.6. The molecule has 3 amide bonds. The minimum Gasteiger partial charge on any atom is -0.369 e. The maximum absolute atomic E-state index is 12.3. The molecule has 2 atom stereocenters. The summed E-state index contributed by atoms with van der Waals surface area (Å²) in [6, 6.07) is 6.24. The van der Waals surface area contributed by atoms with E-state index in [-0.39, 0.29) is 24.5 Å². The highest BCUT2D eigenvalue weighted by Crippen LogP contribution is 2.24. The van der Waals surface area contributed by atoms with E-state index in [0.717, 1.165) is 45.4 Å². The molecule has 1 saturated heterocycles. The number of benzene rings is 1. The van der Waals surface area contributed by atoms with Crippen LogP contribution in [-0.2, 0) is 4.79 Å². The van der Waals surface area contributed by atoms with E-state index in [0.29, 0.717) is 5.92 Å². The van der Waals surface area contributed by atoms with Crippen molar-refractivity contribution in [1.82, 2.24) is 15.5 Å². The third-order valence-corrected chi connectivity index (χ3v) is 6.34. The Morgan fingerprint density at radius 2 is 1.79 bits per heavy atom. The number of aryl methyl sites for hydroxylation is 1. The van der Waals surface area contributed by atoms with E-state index in [9.17, 15) is 9.59 Å². The Morgan fingerprint density at radius 3 is 2.50 bits per heavy atom. The summed E-state index contributed by atoms with van der Waals surface area (Å²) < 4.78 is 0. The Bertz CT molecular complexity index is 698. The van der Waals surface area contributed by atoms with E-state index >= 15 is 0 Å². The zero-order valence-corrected chi connectivity index (χ0v) is 17.5. The van der Waals surface area contributed by atoms with Gasteiger partial charge in [-0.25, -0.2) is 4.79 Å². The van der Waals surface area contributed by atoms with Gasteiger partial charge in [0.2, 0.25) is 5.91 Å². The Balaban J connectivity index is 1.42. The van der Waals surface area contributed by atoms with Crippen LogP contribution in [0.4, 0.5) is 10.5 Å². The first-order valence-corrected chi connectivity index (χ1v) is 10.6. The topological polar surface area (TPSA) is 64.7 Å². The molecule has 0 radical (unpaired) electrons. The van der Waals surface area contributed by atoms with Crippen LogP contribution in [0.25, 0.3) is 0 Å². The number of rotatable bonds is 4. The summed E-state index contributed by atoms with van der Waals surface area (Å²) in [5, 5.41) is 5.49. The van der Waals surface area contributed by atoms with Crippen LogP contribution in [-0.4, -0.2) is 55.6 Å². The zero-order chi connectivity index (χ0) is 20.1. The van der Waals surface area contributed by atoms with E-state index in [4.69, 9.17) is 0 Å². The van der Waals surface area contributed by atoms with Crippen molar-refractivity contribution in [2.24, 2.45) is 5.92 Å². The molecule has 1 aromatic rings. The average Bonchev–Trinajstić information content (AvgIpc) is 2.66. The van der Waals surface area contributed by atoms with Gasteiger partial charge in [0.1, 0.15) is 0 Å². The molecule has 2 N–H and O–H groups in total. The molecule has 154 valence electrons. The highest BCUT2D eigenvalue weighted by Gasteiger charge is 2.24. The van der Waals surface area contributed by atoms with Gasteiger partial charge in [-0.2, -0.15) is 0 Å². The molecular weight excluding hydrogens is 352 g/mol. The minimum absolute atomic E-state index is 0.183. The summed E-state index contributed by atoms with van der Waals surface area (Å²) >= 11 is 0. The van der Waals surface area contributed by atoms with Crippen LogP contribution in [0.5, 0.6) is 0 Å². The average molecular weight is 387 g/mol. The maximum Gasteiger partial charge on any atom is 0.321 e. The molecule has 2 unspecified atom stereocenters. The van der Waals surface area contributed by atoms with E-state index in [2.05, 4.69) is 59.4 Å². The summed E-state index contributed by atoms with van der Waals surface area (Å²) in [7, 11) is 0. The SMILES string of the molecule is Cc1cccc(N2CCN(CC(=O)NC(=O)NC3CCCCC3C)CC2)c1C. The predicted molar refractivity (Wildman–Crippen MR) is 113 cm³/mol. The summed E-state index contributed by atoms with van der Waals surface area (Å²) in [5.41, 5.74) is 3.91. The predicted octanol–water partition coefficient (Wildman–Crippen LogP) is 2.83. The summed E-state index contributed by atoms with van der Waals surface area (Å²) in [4.78, 5) is 28.9. The van der Waals surface area contributed by atoms with Gasteiger partial charge in [-0.05, 0) is 49.8 Å². The number of carbonyl (C=O) groups is 2. The summed E-state index contributed by atoms with van der Waals surface area (Å²) in [5.74, 6) is 0.258. The van der Waals surface area contributed by atoms with Gasteiger partial charge in [0, 0.05) is 37.9 Å². The number of carbonyl (C=O) groups excluding carboxylic acids is 2. The van der Waals surface area contributed by atoms with Crippen LogP contribution in [0.3, 0.4) is 0 Å². The van der Waals surface area contributed by atoms with Crippen molar-refractivity contribution in [3.63, 3.8) is 0 Å². The number of nitrogens with one attached hydrogen (secondary N) is 2.